The minimum Gasteiger partial charge on any atom is -0.391 e. The van der Waals surface area contributed by atoms with Gasteiger partial charge in [0.05, 0.1) is 39.6 Å². The van der Waals surface area contributed by atoms with Crippen LogP contribution in [0.2, 0.25) is 0 Å². The van der Waals surface area contributed by atoms with E-state index in [2.05, 4.69) is 56.2 Å². The SMILES string of the molecule is C=C(N[C@@H](C)c1ccc(-c2scnc2C)cc1)[C@@H]1C[C@@H](O)CN1C(=O)[C@@H](CC(=O)CC1CCN(c2cc(-c3ccc(F)cc3F)nnc2N)CC1)C(C)(C)C. The highest BCUT2D eigenvalue weighted by atomic mass is 32.1. The molecular formula is C42H51F2N7O3S. The molecule has 13 heteroatoms. The quantitative estimate of drug-likeness (QED) is 0.134. The summed E-state index contributed by atoms with van der Waals surface area (Å²) in [5.74, 6) is -1.77. The number of carbonyl (C=O) groups is 2. The Balaban J connectivity index is 1.06. The number of anilines is 2. The molecule has 0 saturated carbocycles. The number of benzene rings is 2. The van der Waals surface area contributed by atoms with E-state index in [1.165, 1.54) is 12.1 Å². The van der Waals surface area contributed by atoms with Gasteiger partial charge < -0.3 is 26.0 Å². The predicted molar refractivity (Wildman–Crippen MR) is 213 cm³/mol. The Morgan fingerprint density at radius 2 is 1.80 bits per heavy atom. The largest absolute Gasteiger partial charge is 0.391 e. The minimum absolute atomic E-state index is 0.0322. The first-order valence-corrected chi connectivity index (χ1v) is 19.8. The maximum atomic E-state index is 14.5. The lowest BCUT2D eigenvalue weighted by atomic mass is 9.75. The second-order valence-electron chi connectivity index (χ2n) is 16.1. The van der Waals surface area contributed by atoms with Crippen LogP contribution in [0.4, 0.5) is 20.3 Å². The van der Waals surface area contributed by atoms with Gasteiger partial charge in [0.2, 0.25) is 5.91 Å². The van der Waals surface area contributed by atoms with Crippen LogP contribution in [0.25, 0.3) is 21.7 Å². The molecule has 2 fully saturated rings. The van der Waals surface area contributed by atoms with Crippen LogP contribution in [-0.4, -0.2) is 68.7 Å². The van der Waals surface area contributed by atoms with Crippen molar-refractivity contribution in [3.05, 3.63) is 89.2 Å². The van der Waals surface area contributed by atoms with Crippen LogP contribution >= 0.6 is 11.3 Å². The number of amides is 1. The van der Waals surface area contributed by atoms with Gasteiger partial charge in [-0.2, -0.15) is 0 Å². The number of hydrogen-bond donors (Lipinski definition) is 3. The van der Waals surface area contributed by atoms with Crippen molar-refractivity contribution in [3.8, 4) is 21.7 Å². The van der Waals surface area contributed by atoms with Crippen LogP contribution < -0.4 is 16.0 Å². The molecule has 1 amide bonds. The van der Waals surface area contributed by atoms with Gasteiger partial charge in [-0.25, -0.2) is 13.8 Å². The van der Waals surface area contributed by atoms with E-state index in [1.54, 1.807) is 22.3 Å². The fraction of sp³-hybridized carbons (Fsp3) is 0.452. The second-order valence-corrected chi connectivity index (χ2v) is 17.0. The number of carbonyl (C=O) groups excluding carboxylic acids is 2. The average molecular weight is 772 g/mol. The number of β-amino-alcohol motifs (C(OH)–C–C–N with tert-alkyl or cyclic N) is 1. The molecular weight excluding hydrogens is 721 g/mol. The van der Waals surface area contributed by atoms with Crippen molar-refractivity contribution >= 4 is 34.5 Å². The van der Waals surface area contributed by atoms with E-state index in [0.717, 1.165) is 40.6 Å². The zero-order chi connectivity index (χ0) is 39.6. The van der Waals surface area contributed by atoms with E-state index in [-0.39, 0.29) is 53.7 Å². The highest BCUT2D eigenvalue weighted by Gasteiger charge is 2.43. The highest BCUT2D eigenvalue weighted by molar-refractivity contribution is 7.13. The van der Waals surface area contributed by atoms with Crippen molar-refractivity contribution in [3.63, 3.8) is 0 Å². The monoisotopic (exact) mass is 771 g/mol. The van der Waals surface area contributed by atoms with Crippen molar-refractivity contribution in [2.24, 2.45) is 17.3 Å². The molecule has 2 aromatic carbocycles. The Kier molecular flexibility index (Phi) is 12.0. The molecule has 2 aliphatic heterocycles. The summed E-state index contributed by atoms with van der Waals surface area (Å²) in [5.41, 5.74) is 12.4. The number of halogens is 2. The molecule has 0 radical (unpaired) electrons. The molecule has 0 aliphatic carbocycles. The Hall–Kier alpha value is -4.75. The van der Waals surface area contributed by atoms with E-state index < -0.39 is 35.1 Å². The Bertz CT molecular complexity index is 2020. The molecule has 2 aromatic heterocycles. The van der Waals surface area contributed by atoms with Crippen LogP contribution in [-0.2, 0) is 9.59 Å². The number of hydrogen-bond acceptors (Lipinski definition) is 10. The minimum atomic E-state index is -0.734. The van der Waals surface area contributed by atoms with E-state index in [9.17, 15) is 23.5 Å². The number of nitrogens with zero attached hydrogens (tertiary/aromatic N) is 5. The number of Topliss-reactive ketones (excluding diaryl/α,β-unsaturated/α-hetero) is 1. The number of nitrogens with one attached hydrogen (secondary N) is 1. The van der Waals surface area contributed by atoms with Gasteiger partial charge in [-0.05, 0) is 67.3 Å². The van der Waals surface area contributed by atoms with Gasteiger partial charge in [-0.3, -0.25) is 9.59 Å². The second kappa shape index (κ2) is 16.5. The van der Waals surface area contributed by atoms with Crippen LogP contribution in [0.15, 0.2) is 66.3 Å². The van der Waals surface area contributed by atoms with Crippen LogP contribution in [0.3, 0.4) is 0 Å². The van der Waals surface area contributed by atoms with E-state index in [0.29, 0.717) is 37.3 Å². The number of rotatable bonds is 12. The summed E-state index contributed by atoms with van der Waals surface area (Å²) in [6, 6.07) is 12.8. The van der Waals surface area contributed by atoms with E-state index in [4.69, 9.17) is 5.73 Å². The van der Waals surface area contributed by atoms with Crippen molar-refractivity contribution < 1.29 is 23.5 Å². The van der Waals surface area contributed by atoms with Crippen LogP contribution in [0.5, 0.6) is 0 Å². The van der Waals surface area contributed by atoms with E-state index >= 15 is 0 Å². The number of nitrogen functional groups attached to an aromatic ring is 1. The van der Waals surface area contributed by atoms with Crippen LogP contribution in [0.1, 0.15) is 77.1 Å². The fourth-order valence-corrected chi connectivity index (χ4v) is 8.61. The number of aromatic nitrogens is 3. The normalized spacial score (nSPS) is 19.0. The zero-order valence-electron chi connectivity index (χ0n) is 32.2. The summed E-state index contributed by atoms with van der Waals surface area (Å²) in [6.07, 6.45) is 1.58. The molecule has 4 heterocycles. The number of nitrogens with two attached hydrogens (primary N) is 1. The number of piperidine rings is 1. The van der Waals surface area contributed by atoms with Crippen molar-refractivity contribution in [2.45, 2.75) is 84.9 Å². The summed E-state index contributed by atoms with van der Waals surface area (Å²) in [5, 5.41) is 22.3. The van der Waals surface area contributed by atoms with E-state index in [1.807, 2.05) is 40.1 Å². The van der Waals surface area contributed by atoms with Gasteiger partial charge in [-0.1, -0.05) is 51.6 Å². The maximum absolute atomic E-state index is 14.5. The molecule has 4 atom stereocenters. The maximum Gasteiger partial charge on any atom is 0.227 e. The van der Waals surface area contributed by atoms with Gasteiger partial charge in [-0.15, -0.1) is 21.5 Å². The smallest absolute Gasteiger partial charge is 0.227 e. The van der Waals surface area contributed by atoms with Crippen LogP contribution in [0, 0.1) is 35.8 Å². The molecule has 0 spiro atoms. The first-order valence-electron chi connectivity index (χ1n) is 18.9. The van der Waals surface area contributed by atoms with Gasteiger partial charge in [0.15, 0.2) is 5.82 Å². The fourth-order valence-electron chi connectivity index (χ4n) is 7.80. The number of aryl methyl sites for hydroxylation is 1. The lowest BCUT2D eigenvalue weighted by Gasteiger charge is -2.37. The summed E-state index contributed by atoms with van der Waals surface area (Å²) >= 11 is 1.61. The molecule has 10 nitrogen and oxygen atoms in total. The van der Waals surface area contributed by atoms with Gasteiger partial charge >= 0.3 is 0 Å². The Labute approximate surface area is 325 Å². The Morgan fingerprint density at radius 3 is 2.44 bits per heavy atom. The first kappa shape index (κ1) is 39.9. The number of thiazole rings is 1. The van der Waals surface area contributed by atoms with Gasteiger partial charge in [0, 0.05) is 68.2 Å². The average Bonchev–Trinajstić information content (AvgIpc) is 3.76. The predicted octanol–water partition coefficient (Wildman–Crippen LogP) is 7.49. The molecule has 0 bridgehead atoms. The number of aliphatic hydroxyl groups excluding tert-OH is 1. The lowest BCUT2D eigenvalue weighted by Crippen LogP contribution is -2.47. The molecule has 4 aromatic rings. The van der Waals surface area contributed by atoms with Crippen molar-refractivity contribution in [2.75, 3.05) is 30.3 Å². The highest BCUT2D eigenvalue weighted by Crippen LogP contribution is 2.37. The molecule has 0 unspecified atom stereocenters. The topological polar surface area (TPSA) is 138 Å². The first-order chi connectivity index (χ1) is 26.1. The molecule has 4 N–H and O–H groups in total. The summed E-state index contributed by atoms with van der Waals surface area (Å²) in [6.45, 7) is 15.7. The summed E-state index contributed by atoms with van der Waals surface area (Å²) in [7, 11) is 0. The van der Waals surface area contributed by atoms with Crippen molar-refractivity contribution in [1.82, 2.24) is 25.4 Å². The molecule has 2 aliphatic rings. The third-order valence-electron chi connectivity index (χ3n) is 11.0. The molecule has 6 rings (SSSR count). The Morgan fingerprint density at radius 1 is 1.09 bits per heavy atom. The molecule has 55 heavy (non-hydrogen) atoms. The zero-order valence-corrected chi connectivity index (χ0v) is 33.0. The number of likely N-dealkylation sites (tertiary alicyclic amines) is 1. The number of aliphatic hydroxyl groups is 1. The standard InChI is InChI=1S/C42H51F2N7O3S/c1-24(28-7-9-29(10-8-28)39-26(3)46-23-55-39)47-25(2)37-20-32(53)22-51(37)41(54)34(42(4,5)6)19-31(52)17-27-13-15-50(16-14-27)38-21-36(48-49-40(38)45)33-12-11-30(43)18-35(33)44/h7-12,18,21,23-24,27,32,34,37,47,53H,2,13-17,19-20,22H2,1,3-6H3,(H2,45,49)/t24-,32+,34+,37-/m0/s1. The third kappa shape index (κ3) is 9.21. The summed E-state index contributed by atoms with van der Waals surface area (Å²) in [4.78, 5) is 37.3. The molecule has 292 valence electrons. The van der Waals surface area contributed by atoms with Crippen molar-refractivity contribution in [1.29, 1.82) is 0 Å². The third-order valence-corrected chi connectivity index (χ3v) is 12.0. The lowest BCUT2D eigenvalue weighted by molar-refractivity contribution is -0.142. The van der Waals surface area contributed by atoms with Gasteiger partial charge in [0.25, 0.3) is 0 Å². The van der Waals surface area contributed by atoms with Gasteiger partial charge in [0.1, 0.15) is 17.4 Å². The molecule has 2 saturated heterocycles. The number of ketones is 1. The summed E-state index contributed by atoms with van der Waals surface area (Å²) < 4.78 is 28.0.